The zero-order chi connectivity index (χ0) is 23.1. The molecule has 0 unspecified atom stereocenters. The van der Waals surface area contributed by atoms with E-state index >= 15 is 0 Å². The van der Waals surface area contributed by atoms with Gasteiger partial charge in [-0.25, -0.2) is 4.98 Å². The van der Waals surface area contributed by atoms with Crippen molar-refractivity contribution >= 4 is 48.4 Å². The average Bonchev–Trinajstić information content (AvgIpc) is 2.81. The number of anilines is 2. The van der Waals surface area contributed by atoms with Crippen LogP contribution in [0.4, 0.5) is 11.4 Å². The molecule has 0 fully saturated rings. The molecule has 32 heavy (non-hydrogen) atoms. The highest BCUT2D eigenvalue weighted by molar-refractivity contribution is 6.59. The molecule has 0 atom stereocenters. The molecule has 2 aromatic carbocycles. The van der Waals surface area contributed by atoms with E-state index in [1.165, 1.54) is 42.5 Å². The lowest BCUT2D eigenvalue weighted by molar-refractivity contribution is 0.0953. The molecule has 0 radical (unpaired) electrons. The maximum Gasteiger partial charge on any atom is 0.488 e. The van der Waals surface area contributed by atoms with Gasteiger partial charge in [0.15, 0.2) is 0 Å². The number of hydrazine groups is 2. The molecule has 1 aromatic heterocycles. The Morgan fingerprint density at radius 2 is 1.06 bits per heavy atom. The fourth-order valence-electron chi connectivity index (χ4n) is 2.63. The molecule has 0 saturated carbocycles. The Labute approximate surface area is 183 Å². The minimum atomic E-state index is -1.64. The number of aromatic nitrogens is 1. The molecule has 0 aliphatic heterocycles. The van der Waals surface area contributed by atoms with Crippen LogP contribution in [0.1, 0.15) is 21.0 Å². The van der Waals surface area contributed by atoms with E-state index in [-0.39, 0.29) is 22.3 Å². The molecule has 162 valence electrons. The zero-order valence-electron chi connectivity index (χ0n) is 16.6. The SMILES string of the molecule is O=C(NNc1cccc(B(O)O)c1)c1cccc(C(=O)NNc2cccc(B(O)O)c2)n1. The van der Waals surface area contributed by atoms with Gasteiger partial charge in [0.2, 0.25) is 0 Å². The molecule has 0 bridgehead atoms. The number of amides is 2. The molecule has 0 spiro atoms. The van der Waals surface area contributed by atoms with Crippen LogP contribution < -0.4 is 32.6 Å². The molecule has 0 aliphatic rings. The van der Waals surface area contributed by atoms with Crippen LogP contribution in [-0.2, 0) is 0 Å². The van der Waals surface area contributed by atoms with Crippen LogP contribution in [0.25, 0.3) is 0 Å². The number of rotatable bonds is 8. The smallest absolute Gasteiger partial charge is 0.423 e. The Morgan fingerprint density at radius 3 is 1.47 bits per heavy atom. The fraction of sp³-hybridized carbons (Fsp3) is 0. The van der Waals surface area contributed by atoms with Gasteiger partial charge in [0.05, 0.1) is 11.4 Å². The second-order valence-corrected chi connectivity index (χ2v) is 6.56. The highest BCUT2D eigenvalue weighted by Gasteiger charge is 2.14. The van der Waals surface area contributed by atoms with E-state index in [2.05, 4.69) is 26.7 Å². The summed E-state index contributed by atoms with van der Waals surface area (Å²) in [6.45, 7) is 0. The van der Waals surface area contributed by atoms with Crippen molar-refractivity contribution in [2.24, 2.45) is 0 Å². The lowest BCUT2D eigenvalue weighted by atomic mass is 9.80. The molecular weight excluding hydrogens is 416 g/mol. The van der Waals surface area contributed by atoms with E-state index in [1.807, 2.05) is 0 Å². The summed E-state index contributed by atoms with van der Waals surface area (Å²) in [5.41, 5.74) is 11.3. The van der Waals surface area contributed by atoms with Gasteiger partial charge in [-0.15, -0.1) is 0 Å². The quantitative estimate of drug-likeness (QED) is 0.146. The number of carbonyl (C=O) groups is 2. The van der Waals surface area contributed by atoms with Crippen molar-refractivity contribution in [3.8, 4) is 0 Å². The van der Waals surface area contributed by atoms with Gasteiger partial charge in [-0.1, -0.05) is 30.3 Å². The summed E-state index contributed by atoms with van der Waals surface area (Å²) < 4.78 is 0. The van der Waals surface area contributed by atoms with Gasteiger partial charge in [-0.05, 0) is 47.3 Å². The Morgan fingerprint density at radius 1 is 0.656 bits per heavy atom. The molecule has 2 amide bonds. The third-order valence-corrected chi connectivity index (χ3v) is 4.22. The van der Waals surface area contributed by atoms with Crippen LogP contribution in [0.3, 0.4) is 0 Å². The molecule has 13 heteroatoms. The van der Waals surface area contributed by atoms with E-state index in [0.717, 1.165) is 0 Å². The van der Waals surface area contributed by atoms with Crippen LogP contribution in [0.5, 0.6) is 0 Å². The lowest BCUT2D eigenvalue weighted by Gasteiger charge is -2.11. The van der Waals surface area contributed by atoms with Crippen LogP contribution in [-0.4, -0.2) is 51.1 Å². The van der Waals surface area contributed by atoms with Gasteiger partial charge in [-0.3, -0.25) is 31.3 Å². The summed E-state index contributed by atoms with van der Waals surface area (Å²) in [7, 11) is -3.29. The number of hydrogen-bond donors (Lipinski definition) is 8. The zero-order valence-corrected chi connectivity index (χ0v) is 16.6. The topological polar surface area (TPSA) is 176 Å². The maximum absolute atomic E-state index is 12.4. The number of carbonyl (C=O) groups excluding carboxylic acids is 2. The van der Waals surface area contributed by atoms with Crippen LogP contribution in [0, 0.1) is 0 Å². The van der Waals surface area contributed by atoms with Gasteiger partial charge in [-0.2, -0.15) is 0 Å². The highest BCUT2D eigenvalue weighted by atomic mass is 16.4. The van der Waals surface area contributed by atoms with E-state index in [1.54, 1.807) is 24.3 Å². The van der Waals surface area contributed by atoms with Crippen LogP contribution in [0.2, 0.25) is 0 Å². The van der Waals surface area contributed by atoms with Gasteiger partial charge in [0.1, 0.15) is 11.4 Å². The Hall–Kier alpha value is -3.90. The summed E-state index contributed by atoms with van der Waals surface area (Å²) in [6, 6.07) is 16.6. The Bertz CT molecular complexity index is 1030. The first-order chi connectivity index (χ1) is 15.3. The van der Waals surface area contributed by atoms with Gasteiger partial charge in [0, 0.05) is 0 Å². The van der Waals surface area contributed by atoms with Gasteiger partial charge in [0.25, 0.3) is 11.8 Å². The minimum Gasteiger partial charge on any atom is -0.423 e. The van der Waals surface area contributed by atoms with Crippen molar-refractivity contribution in [3.05, 3.63) is 78.1 Å². The molecule has 8 N–H and O–H groups in total. The fourth-order valence-corrected chi connectivity index (χ4v) is 2.63. The molecular formula is C19H19B2N5O6. The first-order valence-electron chi connectivity index (χ1n) is 9.35. The largest absolute Gasteiger partial charge is 0.488 e. The monoisotopic (exact) mass is 435 g/mol. The third kappa shape index (κ3) is 6.06. The number of nitrogens with one attached hydrogen (secondary N) is 4. The predicted octanol–water partition coefficient (Wildman–Crippen LogP) is -2.04. The van der Waals surface area contributed by atoms with Crippen molar-refractivity contribution in [1.29, 1.82) is 0 Å². The van der Waals surface area contributed by atoms with Gasteiger partial charge < -0.3 is 20.1 Å². The van der Waals surface area contributed by atoms with Crippen molar-refractivity contribution < 1.29 is 29.7 Å². The van der Waals surface area contributed by atoms with Crippen LogP contribution >= 0.6 is 0 Å². The van der Waals surface area contributed by atoms with Gasteiger partial charge >= 0.3 is 14.2 Å². The molecule has 3 rings (SSSR count). The number of hydrogen-bond acceptors (Lipinski definition) is 9. The predicted molar refractivity (Wildman–Crippen MR) is 119 cm³/mol. The van der Waals surface area contributed by atoms with Crippen molar-refractivity contribution in [1.82, 2.24) is 15.8 Å². The summed E-state index contributed by atoms with van der Waals surface area (Å²) in [5, 5.41) is 36.8. The van der Waals surface area contributed by atoms with Crippen molar-refractivity contribution in [2.75, 3.05) is 10.9 Å². The first-order valence-corrected chi connectivity index (χ1v) is 9.35. The first kappa shape index (κ1) is 22.8. The number of benzene rings is 2. The second-order valence-electron chi connectivity index (χ2n) is 6.56. The normalized spacial score (nSPS) is 10.1. The molecule has 0 saturated heterocycles. The Balaban J connectivity index is 1.60. The maximum atomic E-state index is 12.4. The minimum absolute atomic E-state index is 0.0334. The standard InChI is InChI=1S/C19H19B2N5O6/c27-18(25-23-14-6-1-4-12(10-14)20(29)30)16-8-3-9-17(22-16)19(28)26-24-15-7-2-5-13(11-15)21(31)32/h1-11,23-24,29-32H,(H,25,27)(H,26,28). The molecule has 11 nitrogen and oxygen atoms in total. The van der Waals surface area contributed by atoms with E-state index in [4.69, 9.17) is 0 Å². The summed E-state index contributed by atoms with van der Waals surface area (Å²) in [4.78, 5) is 28.8. The molecule has 1 heterocycles. The van der Waals surface area contributed by atoms with E-state index in [0.29, 0.717) is 11.4 Å². The van der Waals surface area contributed by atoms with Crippen molar-refractivity contribution in [2.45, 2.75) is 0 Å². The van der Waals surface area contributed by atoms with Crippen molar-refractivity contribution in [3.63, 3.8) is 0 Å². The average molecular weight is 435 g/mol. The summed E-state index contributed by atoms with van der Waals surface area (Å²) >= 11 is 0. The number of pyridine rings is 1. The third-order valence-electron chi connectivity index (χ3n) is 4.22. The highest BCUT2D eigenvalue weighted by Crippen LogP contribution is 2.05. The second kappa shape index (κ2) is 10.4. The summed E-state index contributed by atoms with van der Waals surface area (Å²) in [5.74, 6) is -1.24. The lowest BCUT2D eigenvalue weighted by Crippen LogP contribution is -2.34. The van der Waals surface area contributed by atoms with E-state index in [9.17, 15) is 29.7 Å². The van der Waals surface area contributed by atoms with E-state index < -0.39 is 26.1 Å². The molecule has 3 aromatic rings. The van der Waals surface area contributed by atoms with Crippen LogP contribution in [0.15, 0.2) is 66.7 Å². The summed E-state index contributed by atoms with van der Waals surface area (Å²) in [6.07, 6.45) is 0. The number of nitrogens with zero attached hydrogens (tertiary/aromatic N) is 1. The molecule has 0 aliphatic carbocycles. The Kier molecular flexibility index (Phi) is 7.41.